The smallest absolute Gasteiger partial charge is 0.133 e. The van der Waals surface area contributed by atoms with E-state index >= 15 is 0 Å². The van der Waals surface area contributed by atoms with Crippen LogP contribution in [0.25, 0.3) is 10.9 Å². The van der Waals surface area contributed by atoms with E-state index in [4.69, 9.17) is 5.41 Å². The lowest BCUT2D eigenvalue weighted by Gasteiger charge is -1.91. The molecule has 2 aromatic rings. The fourth-order valence-electron chi connectivity index (χ4n) is 1.12. The SMILES string of the molecule is Cn1ncc2c(=N)[nH]ccc21. The predicted molar refractivity (Wildman–Crippen MR) is 40.9 cm³/mol. The van der Waals surface area contributed by atoms with Gasteiger partial charge in [-0.1, -0.05) is 0 Å². The summed E-state index contributed by atoms with van der Waals surface area (Å²) in [5, 5.41) is 12.4. The largest absolute Gasteiger partial charge is 0.346 e. The molecule has 2 heterocycles. The average Bonchev–Trinajstić information content (AvgIpc) is 2.35. The van der Waals surface area contributed by atoms with Crippen LogP contribution in [-0.2, 0) is 7.05 Å². The molecule has 2 aromatic heterocycles. The molecular weight excluding hydrogens is 140 g/mol. The number of aryl methyl sites for hydroxylation is 1. The lowest BCUT2D eigenvalue weighted by Crippen LogP contribution is -2.03. The molecule has 4 heteroatoms. The van der Waals surface area contributed by atoms with E-state index in [0.717, 1.165) is 10.9 Å². The van der Waals surface area contributed by atoms with Crippen molar-refractivity contribution in [3.8, 4) is 0 Å². The highest BCUT2D eigenvalue weighted by molar-refractivity contribution is 5.76. The van der Waals surface area contributed by atoms with E-state index in [1.807, 2.05) is 13.1 Å². The van der Waals surface area contributed by atoms with Crippen LogP contribution in [0.15, 0.2) is 18.5 Å². The second-order valence-corrected chi connectivity index (χ2v) is 2.42. The van der Waals surface area contributed by atoms with E-state index in [1.165, 1.54) is 0 Å². The Kier molecular flexibility index (Phi) is 1.09. The Bertz CT molecular complexity index is 437. The van der Waals surface area contributed by atoms with E-state index in [0.29, 0.717) is 5.49 Å². The first-order valence-corrected chi connectivity index (χ1v) is 3.33. The van der Waals surface area contributed by atoms with Crippen LogP contribution in [0.1, 0.15) is 0 Å². The van der Waals surface area contributed by atoms with Gasteiger partial charge in [-0.05, 0) is 6.07 Å². The molecule has 0 atom stereocenters. The highest BCUT2D eigenvalue weighted by Crippen LogP contribution is 2.04. The molecule has 0 aromatic carbocycles. The van der Waals surface area contributed by atoms with Gasteiger partial charge in [-0.3, -0.25) is 10.1 Å². The molecule has 11 heavy (non-hydrogen) atoms. The first-order chi connectivity index (χ1) is 5.29. The summed E-state index contributed by atoms with van der Waals surface area (Å²) in [4.78, 5) is 2.80. The number of fused-ring (bicyclic) bond motifs is 1. The number of hydrogen-bond donors (Lipinski definition) is 2. The van der Waals surface area contributed by atoms with Crippen LogP contribution in [0.3, 0.4) is 0 Å². The fraction of sp³-hybridized carbons (Fsp3) is 0.143. The second-order valence-electron chi connectivity index (χ2n) is 2.42. The minimum atomic E-state index is 0.413. The maximum absolute atomic E-state index is 7.47. The van der Waals surface area contributed by atoms with Gasteiger partial charge in [0.05, 0.1) is 17.1 Å². The van der Waals surface area contributed by atoms with Crippen molar-refractivity contribution in [2.75, 3.05) is 0 Å². The molecule has 0 saturated carbocycles. The van der Waals surface area contributed by atoms with Gasteiger partial charge in [0.1, 0.15) is 5.49 Å². The molecule has 4 nitrogen and oxygen atoms in total. The quantitative estimate of drug-likeness (QED) is 0.557. The molecule has 0 aliphatic heterocycles. The summed E-state index contributed by atoms with van der Waals surface area (Å²) in [6.07, 6.45) is 3.43. The number of aromatic nitrogens is 3. The van der Waals surface area contributed by atoms with Gasteiger partial charge in [0.15, 0.2) is 0 Å². The minimum absolute atomic E-state index is 0.413. The van der Waals surface area contributed by atoms with Crippen molar-refractivity contribution in [1.82, 2.24) is 14.8 Å². The highest BCUT2D eigenvalue weighted by Gasteiger charge is 1.97. The third-order valence-corrected chi connectivity index (χ3v) is 1.72. The number of pyridine rings is 1. The van der Waals surface area contributed by atoms with Gasteiger partial charge in [-0.2, -0.15) is 5.10 Å². The average molecular weight is 148 g/mol. The van der Waals surface area contributed by atoms with E-state index in [-0.39, 0.29) is 0 Å². The molecule has 0 spiro atoms. The predicted octanol–water partition coefficient (Wildman–Crippen LogP) is 0.381. The minimum Gasteiger partial charge on any atom is -0.346 e. The van der Waals surface area contributed by atoms with Gasteiger partial charge in [0, 0.05) is 13.2 Å². The summed E-state index contributed by atoms with van der Waals surface area (Å²) >= 11 is 0. The zero-order valence-electron chi connectivity index (χ0n) is 6.13. The van der Waals surface area contributed by atoms with Crippen LogP contribution >= 0.6 is 0 Å². The van der Waals surface area contributed by atoms with E-state index in [2.05, 4.69) is 10.1 Å². The number of nitrogens with zero attached hydrogens (tertiary/aromatic N) is 2. The molecule has 0 saturated heterocycles. The van der Waals surface area contributed by atoms with Gasteiger partial charge >= 0.3 is 0 Å². The third-order valence-electron chi connectivity index (χ3n) is 1.72. The van der Waals surface area contributed by atoms with E-state index in [1.54, 1.807) is 17.1 Å². The van der Waals surface area contributed by atoms with Crippen molar-refractivity contribution in [3.05, 3.63) is 23.9 Å². The Labute approximate surface area is 63.0 Å². The second kappa shape index (κ2) is 1.95. The maximum atomic E-state index is 7.47. The Hall–Kier alpha value is -1.58. The normalized spacial score (nSPS) is 10.6. The molecule has 0 fully saturated rings. The summed E-state index contributed by atoms with van der Waals surface area (Å²) in [6.45, 7) is 0. The Morgan fingerprint density at radius 1 is 1.64 bits per heavy atom. The zero-order chi connectivity index (χ0) is 7.84. The van der Waals surface area contributed by atoms with Gasteiger partial charge in [-0.15, -0.1) is 0 Å². The number of aromatic amines is 1. The third kappa shape index (κ3) is 0.756. The Morgan fingerprint density at radius 3 is 3.18 bits per heavy atom. The molecule has 0 aliphatic rings. The van der Waals surface area contributed by atoms with Crippen molar-refractivity contribution < 1.29 is 0 Å². The summed E-state index contributed by atoms with van der Waals surface area (Å²) in [5.41, 5.74) is 1.39. The summed E-state index contributed by atoms with van der Waals surface area (Å²) in [5.74, 6) is 0. The molecule has 0 aliphatic carbocycles. The fourth-order valence-corrected chi connectivity index (χ4v) is 1.12. The monoisotopic (exact) mass is 148 g/mol. The molecule has 0 bridgehead atoms. The van der Waals surface area contributed by atoms with Crippen LogP contribution in [0.4, 0.5) is 0 Å². The molecular formula is C7H8N4. The van der Waals surface area contributed by atoms with Crippen LogP contribution in [-0.4, -0.2) is 14.8 Å². The molecule has 0 unspecified atom stereocenters. The highest BCUT2D eigenvalue weighted by atomic mass is 15.2. The van der Waals surface area contributed by atoms with Gasteiger partial charge in [0.25, 0.3) is 0 Å². The van der Waals surface area contributed by atoms with E-state index < -0.39 is 0 Å². The van der Waals surface area contributed by atoms with Crippen LogP contribution in [0.2, 0.25) is 0 Å². The number of H-pyrrole nitrogens is 1. The van der Waals surface area contributed by atoms with Crippen molar-refractivity contribution in [2.24, 2.45) is 7.05 Å². The van der Waals surface area contributed by atoms with Gasteiger partial charge in [0.2, 0.25) is 0 Å². The number of hydrogen-bond acceptors (Lipinski definition) is 2. The molecule has 2 N–H and O–H groups in total. The molecule has 0 radical (unpaired) electrons. The summed E-state index contributed by atoms with van der Waals surface area (Å²) < 4.78 is 1.75. The Morgan fingerprint density at radius 2 is 2.45 bits per heavy atom. The molecule has 56 valence electrons. The Balaban J connectivity index is 3.06. The van der Waals surface area contributed by atoms with Crippen molar-refractivity contribution in [3.63, 3.8) is 0 Å². The van der Waals surface area contributed by atoms with Crippen molar-refractivity contribution in [1.29, 1.82) is 5.41 Å². The first kappa shape index (κ1) is 6.15. The number of rotatable bonds is 0. The maximum Gasteiger partial charge on any atom is 0.133 e. The molecule has 2 rings (SSSR count). The van der Waals surface area contributed by atoms with Crippen molar-refractivity contribution in [2.45, 2.75) is 0 Å². The van der Waals surface area contributed by atoms with Gasteiger partial charge < -0.3 is 4.98 Å². The lowest BCUT2D eigenvalue weighted by atomic mass is 10.3. The van der Waals surface area contributed by atoms with Gasteiger partial charge in [-0.25, -0.2) is 0 Å². The number of nitrogens with one attached hydrogen (secondary N) is 2. The lowest BCUT2D eigenvalue weighted by molar-refractivity contribution is 0.796. The topological polar surface area (TPSA) is 57.5 Å². The van der Waals surface area contributed by atoms with Crippen LogP contribution in [0.5, 0.6) is 0 Å². The zero-order valence-corrected chi connectivity index (χ0v) is 6.13. The standard InChI is InChI=1S/C7H8N4/c1-11-6-2-3-9-7(8)5(6)4-10-11/h2-4H,1H3,(H2,8,9). The van der Waals surface area contributed by atoms with Crippen molar-refractivity contribution >= 4 is 10.9 Å². The van der Waals surface area contributed by atoms with Crippen LogP contribution in [0, 0.1) is 5.41 Å². The first-order valence-electron chi connectivity index (χ1n) is 3.33. The molecule has 0 amide bonds. The summed E-state index contributed by atoms with van der Waals surface area (Å²) in [7, 11) is 1.86. The van der Waals surface area contributed by atoms with E-state index in [9.17, 15) is 0 Å². The van der Waals surface area contributed by atoms with Crippen LogP contribution < -0.4 is 5.49 Å². The summed E-state index contributed by atoms with van der Waals surface area (Å²) in [6, 6.07) is 1.90.